The minimum absolute atomic E-state index is 0.108. The summed E-state index contributed by atoms with van der Waals surface area (Å²) < 4.78 is 1.91. The molecule has 1 heterocycles. The minimum Gasteiger partial charge on any atom is -0.333 e. The van der Waals surface area contributed by atoms with Gasteiger partial charge in [-0.1, -0.05) is 42.1 Å². The lowest BCUT2D eigenvalue weighted by Gasteiger charge is -2.37. The zero-order valence-electron chi connectivity index (χ0n) is 15.3. The van der Waals surface area contributed by atoms with Gasteiger partial charge in [0, 0.05) is 19.1 Å². The maximum absolute atomic E-state index is 13.1. The Morgan fingerprint density at radius 2 is 1.88 bits per heavy atom. The summed E-state index contributed by atoms with van der Waals surface area (Å²) in [5.41, 5.74) is 0.879. The first-order chi connectivity index (χ1) is 11.2. The van der Waals surface area contributed by atoms with Crippen LogP contribution in [0.2, 0.25) is 0 Å². The zero-order valence-corrected chi connectivity index (χ0v) is 16.1. The highest BCUT2D eigenvalue weighted by molar-refractivity contribution is 8.00. The number of aryl methyl sites for hydroxylation is 1. The van der Waals surface area contributed by atoms with E-state index >= 15 is 0 Å². The van der Waals surface area contributed by atoms with E-state index < -0.39 is 0 Å². The zero-order chi connectivity index (χ0) is 17.9. The highest BCUT2D eigenvalue weighted by Crippen LogP contribution is 2.26. The molecule has 130 valence electrons. The number of thioether (sulfide) groups is 1. The second kappa shape index (κ2) is 7.38. The van der Waals surface area contributed by atoms with Crippen molar-refractivity contribution in [1.29, 1.82) is 0 Å². The van der Waals surface area contributed by atoms with Gasteiger partial charge in [0.2, 0.25) is 5.91 Å². The van der Waals surface area contributed by atoms with Crippen LogP contribution in [0.3, 0.4) is 0 Å². The van der Waals surface area contributed by atoms with Crippen LogP contribution in [0.15, 0.2) is 35.5 Å². The lowest BCUT2D eigenvalue weighted by Crippen LogP contribution is -2.48. The molecule has 2 rings (SSSR count). The fraction of sp³-hybridized carbons (Fsp3) is 0.500. The van der Waals surface area contributed by atoms with Crippen molar-refractivity contribution in [3.05, 3.63) is 41.7 Å². The van der Waals surface area contributed by atoms with Crippen LogP contribution >= 0.6 is 11.8 Å². The monoisotopic (exact) mass is 346 g/mol. The van der Waals surface area contributed by atoms with E-state index in [2.05, 4.69) is 43.1 Å². The summed E-state index contributed by atoms with van der Waals surface area (Å²) in [4.78, 5) is 15.0. The second-order valence-corrected chi connectivity index (χ2v) is 8.24. The van der Waals surface area contributed by atoms with Gasteiger partial charge in [0.15, 0.2) is 5.16 Å². The molecule has 24 heavy (non-hydrogen) atoms. The van der Waals surface area contributed by atoms with Crippen LogP contribution in [-0.2, 0) is 18.4 Å². The Balaban J connectivity index is 2.16. The number of hydrogen-bond donors (Lipinski definition) is 0. The molecule has 1 atom stereocenters. The molecule has 0 fully saturated rings. The molecular weight excluding hydrogens is 320 g/mol. The highest BCUT2D eigenvalue weighted by atomic mass is 32.2. The number of hydrogen-bond acceptors (Lipinski definition) is 4. The summed E-state index contributed by atoms with van der Waals surface area (Å²) in [5, 5.41) is 8.74. The molecule has 5 nitrogen and oxygen atoms in total. The van der Waals surface area contributed by atoms with E-state index in [1.165, 1.54) is 11.8 Å². The third-order valence-corrected chi connectivity index (χ3v) is 5.06. The van der Waals surface area contributed by atoms with E-state index in [0.29, 0.717) is 6.54 Å². The number of amides is 1. The number of nitrogens with zero attached hydrogens (tertiary/aromatic N) is 4. The maximum Gasteiger partial charge on any atom is 0.236 e. The number of aromatic nitrogens is 3. The lowest BCUT2D eigenvalue weighted by atomic mass is 10.0. The van der Waals surface area contributed by atoms with E-state index in [4.69, 9.17) is 0 Å². The molecule has 0 aliphatic carbocycles. The van der Waals surface area contributed by atoms with Gasteiger partial charge in [-0.3, -0.25) is 4.79 Å². The van der Waals surface area contributed by atoms with E-state index in [1.54, 1.807) is 0 Å². The van der Waals surface area contributed by atoms with Gasteiger partial charge < -0.3 is 9.47 Å². The molecule has 0 N–H and O–H groups in total. The smallest absolute Gasteiger partial charge is 0.236 e. The van der Waals surface area contributed by atoms with Crippen molar-refractivity contribution in [1.82, 2.24) is 19.7 Å². The van der Waals surface area contributed by atoms with Gasteiger partial charge in [-0.25, -0.2) is 0 Å². The van der Waals surface area contributed by atoms with Gasteiger partial charge in [0.05, 0.1) is 5.25 Å². The first kappa shape index (κ1) is 18.5. The summed E-state index contributed by atoms with van der Waals surface area (Å²) in [7, 11) is 1.92. The third-order valence-electron chi connectivity index (χ3n) is 3.94. The fourth-order valence-electron chi connectivity index (χ4n) is 2.33. The van der Waals surface area contributed by atoms with Crippen molar-refractivity contribution in [2.75, 3.05) is 0 Å². The SMILES string of the molecule is Cc1nnc(S[C@@H](C)C(=O)N(Cc2ccccc2)C(C)(C)C)n1C. The molecule has 0 bridgehead atoms. The van der Waals surface area contributed by atoms with Crippen molar-refractivity contribution < 1.29 is 4.79 Å². The Bertz CT molecular complexity index is 691. The van der Waals surface area contributed by atoms with Gasteiger partial charge in [0.1, 0.15) is 5.82 Å². The van der Waals surface area contributed by atoms with Crippen molar-refractivity contribution in [2.45, 2.75) is 57.1 Å². The number of benzene rings is 1. The standard InChI is InChI=1S/C18H26N4OS/c1-13(24-17-20-19-14(2)21(17)6)16(23)22(18(3,4)5)12-15-10-8-7-9-11-15/h7-11,13H,12H2,1-6H3/t13-/m0/s1. The predicted molar refractivity (Wildman–Crippen MR) is 97.8 cm³/mol. The topological polar surface area (TPSA) is 51.0 Å². The molecule has 1 amide bonds. The molecular formula is C18H26N4OS. The largest absolute Gasteiger partial charge is 0.333 e. The molecule has 2 aromatic rings. The Kier molecular flexibility index (Phi) is 5.70. The quantitative estimate of drug-likeness (QED) is 0.778. The first-order valence-electron chi connectivity index (χ1n) is 8.08. The fourth-order valence-corrected chi connectivity index (χ4v) is 3.25. The first-order valence-corrected chi connectivity index (χ1v) is 8.96. The Morgan fingerprint density at radius 3 is 2.38 bits per heavy atom. The number of rotatable bonds is 5. The second-order valence-electron chi connectivity index (χ2n) is 6.93. The van der Waals surface area contributed by atoms with E-state index in [-0.39, 0.29) is 16.7 Å². The Labute approximate surface area is 148 Å². The summed E-state index contributed by atoms with van der Waals surface area (Å²) >= 11 is 1.45. The molecule has 1 aromatic heterocycles. The van der Waals surface area contributed by atoms with Crippen LogP contribution in [0.4, 0.5) is 0 Å². The average molecular weight is 347 g/mol. The lowest BCUT2D eigenvalue weighted by molar-refractivity contribution is -0.135. The van der Waals surface area contributed by atoms with E-state index in [9.17, 15) is 4.79 Å². The van der Waals surface area contributed by atoms with Crippen molar-refractivity contribution in [3.63, 3.8) is 0 Å². The maximum atomic E-state index is 13.1. The van der Waals surface area contributed by atoms with Crippen LogP contribution in [0.5, 0.6) is 0 Å². The minimum atomic E-state index is -0.252. The summed E-state index contributed by atoms with van der Waals surface area (Å²) in [5.74, 6) is 0.950. The predicted octanol–water partition coefficient (Wildman–Crippen LogP) is 3.43. The van der Waals surface area contributed by atoms with Gasteiger partial charge in [-0.2, -0.15) is 0 Å². The van der Waals surface area contributed by atoms with Crippen LogP contribution in [-0.4, -0.2) is 36.4 Å². The van der Waals surface area contributed by atoms with Gasteiger partial charge >= 0.3 is 0 Å². The van der Waals surface area contributed by atoms with Crippen molar-refractivity contribution in [2.24, 2.45) is 7.05 Å². The molecule has 1 aromatic carbocycles. The molecule has 0 aliphatic heterocycles. The molecule has 0 unspecified atom stereocenters. The van der Waals surface area contributed by atoms with Crippen LogP contribution in [0.1, 0.15) is 39.1 Å². The van der Waals surface area contributed by atoms with Crippen molar-refractivity contribution >= 4 is 17.7 Å². The third kappa shape index (κ3) is 4.38. The molecule has 0 radical (unpaired) electrons. The highest BCUT2D eigenvalue weighted by Gasteiger charge is 2.31. The molecule has 0 saturated heterocycles. The van der Waals surface area contributed by atoms with Crippen LogP contribution < -0.4 is 0 Å². The molecule has 0 aliphatic rings. The summed E-state index contributed by atoms with van der Waals surface area (Å²) in [6.07, 6.45) is 0. The van der Waals surface area contributed by atoms with Gasteiger partial charge in [-0.15, -0.1) is 10.2 Å². The van der Waals surface area contributed by atoms with Gasteiger partial charge in [-0.05, 0) is 40.2 Å². The molecule has 6 heteroatoms. The Hall–Kier alpha value is -1.82. The van der Waals surface area contributed by atoms with Crippen molar-refractivity contribution in [3.8, 4) is 0 Å². The van der Waals surface area contributed by atoms with E-state index in [1.807, 2.05) is 48.6 Å². The van der Waals surface area contributed by atoms with Crippen LogP contribution in [0, 0.1) is 6.92 Å². The molecule has 0 saturated carbocycles. The van der Waals surface area contributed by atoms with Gasteiger partial charge in [0.25, 0.3) is 0 Å². The van der Waals surface area contributed by atoms with Crippen LogP contribution in [0.25, 0.3) is 0 Å². The summed E-state index contributed by atoms with van der Waals surface area (Å²) in [6, 6.07) is 10.1. The number of carbonyl (C=O) groups excluding carboxylic acids is 1. The molecule has 0 spiro atoms. The average Bonchev–Trinajstić information content (AvgIpc) is 2.84. The normalized spacial score (nSPS) is 12.9. The Morgan fingerprint density at radius 1 is 1.25 bits per heavy atom. The van der Waals surface area contributed by atoms with E-state index in [0.717, 1.165) is 16.5 Å². The number of carbonyl (C=O) groups is 1. The summed E-state index contributed by atoms with van der Waals surface area (Å²) in [6.45, 7) is 10.6.